The van der Waals surface area contributed by atoms with Crippen molar-refractivity contribution in [2.75, 3.05) is 6.61 Å². The molecule has 2 unspecified atom stereocenters. The largest absolute Gasteiger partial charge is 0.428 e. The summed E-state index contributed by atoms with van der Waals surface area (Å²) in [5.74, 6) is 0. The fraction of sp³-hybridized carbons (Fsp3) is 0.889. The van der Waals surface area contributed by atoms with Crippen LogP contribution in [0.3, 0.4) is 0 Å². The molecule has 0 fully saturated rings. The van der Waals surface area contributed by atoms with E-state index in [1.54, 1.807) is 13.8 Å². The van der Waals surface area contributed by atoms with Gasteiger partial charge in [0, 0.05) is 6.61 Å². The summed E-state index contributed by atoms with van der Waals surface area (Å²) < 4.78 is 14.8. The molecule has 4 heteroatoms. The Bertz CT molecular complexity index is 127. The standard InChI is InChI=1S/C9H17O4/c1-4-5-6-11-8(2)13-9(3)12-7-10/h8-9H,4-6H2,1-3H3. The van der Waals surface area contributed by atoms with Gasteiger partial charge >= 0.3 is 6.47 Å². The fourth-order valence-corrected chi connectivity index (χ4v) is 0.798. The molecule has 0 aromatic heterocycles. The van der Waals surface area contributed by atoms with E-state index in [0.717, 1.165) is 12.8 Å². The summed E-state index contributed by atoms with van der Waals surface area (Å²) in [4.78, 5) is 9.79. The van der Waals surface area contributed by atoms with E-state index < -0.39 is 6.29 Å². The average Bonchev–Trinajstić information content (AvgIpc) is 2.05. The predicted molar refractivity (Wildman–Crippen MR) is 47.6 cm³/mol. The molecule has 0 spiro atoms. The maximum absolute atomic E-state index is 9.79. The second-order valence-electron chi connectivity index (χ2n) is 2.70. The molecule has 0 aliphatic carbocycles. The average molecular weight is 189 g/mol. The summed E-state index contributed by atoms with van der Waals surface area (Å²) in [5.41, 5.74) is 0. The summed E-state index contributed by atoms with van der Waals surface area (Å²) in [5, 5.41) is 0. The first-order valence-corrected chi connectivity index (χ1v) is 4.50. The molecule has 0 amide bonds. The Balaban J connectivity index is 3.37. The molecule has 0 rings (SSSR count). The van der Waals surface area contributed by atoms with Gasteiger partial charge in [-0.15, -0.1) is 0 Å². The first kappa shape index (κ1) is 12.4. The van der Waals surface area contributed by atoms with Crippen LogP contribution in [0.15, 0.2) is 0 Å². The Kier molecular flexibility index (Phi) is 7.63. The highest BCUT2D eigenvalue weighted by Gasteiger charge is 2.08. The number of carbonyl (C=O) groups excluding carboxylic acids is 1. The van der Waals surface area contributed by atoms with E-state index in [4.69, 9.17) is 9.47 Å². The molecule has 0 aliphatic heterocycles. The van der Waals surface area contributed by atoms with Crippen molar-refractivity contribution in [1.82, 2.24) is 0 Å². The molecular formula is C9H17O4. The Morgan fingerprint density at radius 1 is 1.31 bits per heavy atom. The third-order valence-electron chi connectivity index (χ3n) is 1.45. The lowest BCUT2D eigenvalue weighted by Gasteiger charge is -2.17. The highest BCUT2D eigenvalue weighted by molar-refractivity contribution is 5.38. The minimum Gasteiger partial charge on any atom is -0.428 e. The van der Waals surface area contributed by atoms with E-state index >= 15 is 0 Å². The molecule has 0 bridgehead atoms. The normalized spacial score (nSPS) is 15.0. The first-order valence-electron chi connectivity index (χ1n) is 4.50. The first-order chi connectivity index (χ1) is 6.20. The maximum Gasteiger partial charge on any atom is 0.419 e. The number of unbranched alkanes of at least 4 members (excludes halogenated alkanes) is 1. The topological polar surface area (TPSA) is 44.8 Å². The minimum absolute atomic E-state index is 0.352. The second-order valence-corrected chi connectivity index (χ2v) is 2.70. The van der Waals surface area contributed by atoms with Crippen LogP contribution in [0.1, 0.15) is 33.6 Å². The highest BCUT2D eigenvalue weighted by atomic mass is 16.8. The Hall–Kier alpha value is -0.610. The van der Waals surface area contributed by atoms with Crippen molar-refractivity contribution in [3.05, 3.63) is 0 Å². The van der Waals surface area contributed by atoms with Gasteiger partial charge in [-0.2, -0.15) is 0 Å². The summed E-state index contributed by atoms with van der Waals surface area (Å²) >= 11 is 0. The van der Waals surface area contributed by atoms with Crippen molar-refractivity contribution in [2.45, 2.75) is 46.2 Å². The van der Waals surface area contributed by atoms with Crippen molar-refractivity contribution >= 4 is 6.47 Å². The SMILES string of the molecule is CCCCOC(C)OC(C)O[C]=O. The van der Waals surface area contributed by atoms with Crippen molar-refractivity contribution < 1.29 is 19.0 Å². The molecule has 0 saturated heterocycles. The molecule has 0 aromatic rings. The molecule has 0 N–H and O–H groups in total. The van der Waals surface area contributed by atoms with Gasteiger partial charge in [0.2, 0.25) is 6.29 Å². The van der Waals surface area contributed by atoms with Crippen LogP contribution in [0.5, 0.6) is 0 Å². The second kappa shape index (κ2) is 8.01. The zero-order valence-corrected chi connectivity index (χ0v) is 8.41. The van der Waals surface area contributed by atoms with Crippen LogP contribution in [0.2, 0.25) is 0 Å². The van der Waals surface area contributed by atoms with Gasteiger partial charge in [0.1, 0.15) is 0 Å². The molecule has 0 aromatic carbocycles. The van der Waals surface area contributed by atoms with Gasteiger partial charge in [-0.05, 0) is 20.3 Å². The van der Waals surface area contributed by atoms with E-state index in [1.807, 2.05) is 0 Å². The zero-order chi connectivity index (χ0) is 10.1. The van der Waals surface area contributed by atoms with E-state index in [-0.39, 0.29) is 6.29 Å². The van der Waals surface area contributed by atoms with Gasteiger partial charge in [0.25, 0.3) is 0 Å². The van der Waals surface area contributed by atoms with E-state index in [9.17, 15) is 4.79 Å². The molecule has 2 atom stereocenters. The third-order valence-corrected chi connectivity index (χ3v) is 1.45. The summed E-state index contributed by atoms with van der Waals surface area (Å²) in [6, 6.07) is 0. The van der Waals surface area contributed by atoms with Crippen molar-refractivity contribution in [3.8, 4) is 0 Å². The van der Waals surface area contributed by atoms with Crippen LogP contribution < -0.4 is 0 Å². The lowest BCUT2D eigenvalue weighted by Crippen LogP contribution is -2.22. The molecule has 0 aliphatic rings. The van der Waals surface area contributed by atoms with Crippen LogP contribution in [0, 0.1) is 0 Å². The number of ether oxygens (including phenoxy) is 3. The van der Waals surface area contributed by atoms with Crippen molar-refractivity contribution in [1.29, 1.82) is 0 Å². The molecule has 77 valence electrons. The monoisotopic (exact) mass is 189 g/mol. The van der Waals surface area contributed by atoms with E-state index in [0.29, 0.717) is 6.61 Å². The van der Waals surface area contributed by atoms with E-state index in [2.05, 4.69) is 11.7 Å². The van der Waals surface area contributed by atoms with E-state index in [1.165, 1.54) is 6.47 Å². The number of hydrogen-bond donors (Lipinski definition) is 0. The Labute approximate surface area is 79.2 Å². The van der Waals surface area contributed by atoms with Gasteiger partial charge in [0.15, 0.2) is 6.29 Å². The Morgan fingerprint density at radius 2 is 2.00 bits per heavy atom. The van der Waals surface area contributed by atoms with Crippen LogP contribution in [-0.4, -0.2) is 25.7 Å². The van der Waals surface area contributed by atoms with Gasteiger partial charge in [-0.1, -0.05) is 13.3 Å². The van der Waals surface area contributed by atoms with Crippen molar-refractivity contribution in [2.24, 2.45) is 0 Å². The van der Waals surface area contributed by atoms with Gasteiger partial charge in [0.05, 0.1) is 0 Å². The Morgan fingerprint density at radius 3 is 2.54 bits per heavy atom. The minimum atomic E-state index is -0.603. The fourth-order valence-electron chi connectivity index (χ4n) is 0.798. The van der Waals surface area contributed by atoms with Crippen LogP contribution in [-0.2, 0) is 19.0 Å². The summed E-state index contributed by atoms with van der Waals surface area (Å²) in [6.45, 7) is 7.44. The molecule has 4 nitrogen and oxygen atoms in total. The quantitative estimate of drug-likeness (QED) is 0.429. The molecule has 0 saturated carbocycles. The number of rotatable bonds is 8. The molecule has 1 radical (unpaired) electrons. The summed E-state index contributed by atoms with van der Waals surface area (Å²) in [6.07, 6.45) is 1.13. The number of hydrogen-bond acceptors (Lipinski definition) is 4. The van der Waals surface area contributed by atoms with Crippen LogP contribution in [0.25, 0.3) is 0 Å². The van der Waals surface area contributed by atoms with Crippen LogP contribution in [0.4, 0.5) is 0 Å². The third kappa shape index (κ3) is 7.74. The predicted octanol–water partition coefficient (Wildman–Crippen LogP) is 1.60. The molecule has 13 heavy (non-hydrogen) atoms. The van der Waals surface area contributed by atoms with Gasteiger partial charge in [-0.25, -0.2) is 4.79 Å². The maximum atomic E-state index is 9.79. The lowest BCUT2D eigenvalue weighted by molar-refractivity contribution is -0.208. The van der Waals surface area contributed by atoms with Crippen LogP contribution >= 0.6 is 0 Å². The zero-order valence-electron chi connectivity index (χ0n) is 8.41. The lowest BCUT2D eigenvalue weighted by atomic mass is 10.4. The molecular weight excluding hydrogens is 172 g/mol. The van der Waals surface area contributed by atoms with Gasteiger partial charge in [-0.3, -0.25) is 0 Å². The highest BCUT2D eigenvalue weighted by Crippen LogP contribution is 2.01. The van der Waals surface area contributed by atoms with Crippen molar-refractivity contribution in [3.63, 3.8) is 0 Å². The summed E-state index contributed by atoms with van der Waals surface area (Å²) in [7, 11) is 0. The van der Waals surface area contributed by atoms with Gasteiger partial charge < -0.3 is 14.2 Å². The smallest absolute Gasteiger partial charge is 0.419 e. The molecule has 0 heterocycles.